The molecule has 0 aromatic carbocycles. The van der Waals surface area contributed by atoms with E-state index in [0.29, 0.717) is 10.2 Å². The van der Waals surface area contributed by atoms with Crippen molar-refractivity contribution in [1.29, 1.82) is 0 Å². The predicted molar refractivity (Wildman–Crippen MR) is 58.6 cm³/mol. The third kappa shape index (κ3) is 2.35. The van der Waals surface area contributed by atoms with Crippen molar-refractivity contribution < 1.29 is 15.0 Å². The van der Waals surface area contributed by atoms with Crippen LogP contribution in [-0.4, -0.2) is 27.3 Å². The van der Waals surface area contributed by atoms with Crippen LogP contribution >= 0.6 is 15.9 Å². The van der Waals surface area contributed by atoms with Gasteiger partial charge in [-0.2, -0.15) is 0 Å². The highest BCUT2D eigenvalue weighted by molar-refractivity contribution is 9.10. The fourth-order valence-corrected chi connectivity index (χ4v) is 2.08. The summed E-state index contributed by atoms with van der Waals surface area (Å²) in [6, 6.07) is 3.44. The van der Waals surface area contributed by atoms with Crippen LogP contribution in [0.2, 0.25) is 0 Å². The first-order valence-electron chi connectivity index (χ1n) is 4.39. The van der Waals surface area contributed by atoms with Gasteiger partial charge in [-0.05, 0) is 27.6 Å². The van der Waals surface area contributed by atoms with Crippen LogP contribution in [-0.2, 0) is 10.2 Å². The highest BCUT2D eigenvalue weighted by Gasteiger charge is 2.36. The maximum absolute atomic E-state index is 10.7. The van der Waals surface area contributed by atoms with Gasteiger partial charge in [0.25, 0.3) is 0 Å². The summed E-state index contributed by atoms with van der Waals surface area (Å²) in [4.78, 5) is 14.7. The molecule has 0 fully saturated rings. The molecule has 1 unspecified atom stereocenters. The summed E-state index contributed by atoms with van der Waals surface area (Å²) in [5.74, 6) is -1.24. The summed E-state index contributed by atoms with van der Waals surface area (Å²) in [5.41, 5.74) is -0.223. The molecule has 0 aliphatic heterocycles. The van der Waals surface area contributed by atoms with E-state index in [2.05, 4.69) is 20.9 Å². The lowest BCUT2D eigenvalue weighted by Gasteiger charge is -2.28. The number of pyridine rings is 1. The first-order chi connectivity index (χ1) is 6.87. The van der Waals surface area contributed by atoms with Gasteiger partial charge in [-0.25, -0.2) is 9.78 Å². The van der Waals surface area contributed by atoms with Crippen LogP contribution in [0.4, 0.5) is 0 Å². The van der Waals surface area contributed by atoms with Crippen molar-refractivity contribution in [2.24, 2.45) is 0 Å². The van der Waals surface area contributed by atoms with Crippen molar-refractivity contribution in [2.45, 2.75) is 25.4 Å². The normalized spacial score (nSPS) is 13.6. The Morgan fingerprint density at radius 2 is 2.20 bits per heavy atom. The molecule has 4 nitrogen and oxygen atoms in total. The second-order valence-corrected chi connectivity index (χ2v) is 4.56. The topological polar surface area (TPSA) is 70.4 Å². The molecule has 15 heavy (non-hydrogen) atoms. The molecule has 0 bridgehead atoms. The van der Waals surface area contributed by atoms with Gasteiger partial charge in [0, 0.05) is 11.6 Å². The van der Waals surface area contributed by atoms with Crippen molar-refractivity contribution in [3.8, 4) is 0 Å². The molecule has 1 aromatic rings. The molecule has 0 spiro atoms. The lowest BCUT2D eigenvalue weighted by Crippen LogP contribution is -2.40. The van der Waals surface area contributed by atoms with Crippen LogP contribution in [0.25, 0.3) is 0 Å². The maximum atomic E-state index is 10.7. The Hall–Kier alpha value is -0.940. The fraction of sp³-hybridized carbons (Fsp3) is 0.400. The molecule has 0 aliphatic rings. The number of hydrogen-bond acceptors (Lipinski definition) is 3. The van der Waals surface area contributed by atoms with Crippen LogP contribution in [0.15, 0.2) is 22.9 Å². The highest BCUT2D eigenvalue weighted by Crippen LogP contribution is 2.31. The summed E-state index contributed by atoms with van der Waals surface area (Å²) in [6.07, 6.45) is 0.134. The Labute approximate surface area is 96.1 Å². The van der Waals surface area contributed by atoms with Crippen molar-refractivity contribution >= 4 is 21.9 Å². The molecule has 1 rings (SSSR count). The molecule has 0 amide bonds. The van der Waals surface area contributed by atoms with E-state index in [0.717, 1.165) is 0 Å². The van der Waals surface area contributed by atoms with Gasteiger partial charge in [0.05, 0.1) is 0 Å². The molecule has 2 N–H and O–H groups in total. The van der Waals surface area contributed by atoms with Crippen LogP contribution in [0.3, 0.4) is 0 Å². The van der Waals surface area contributed by atoms with E-state index in [9.17, 15) is 9.90 Å². The number of aliphatic hydroxyl groups excluding tert-OH is 1. The summed E-state index contributed by atoms with van der Waals surface area (Å²) < 4.78 is 0.551. The molecule has 0 saturated carbocycles. The van der Waals surface area contributed by atoms with Gasteiger partial charge >= 0.3 is 5.97 Å². The maximum Gasteiger partial charge on any atom is 0.333 e. The SMILES string of the molecule is CC(C)(c1cccnc1Br)C(O)C(=O)O. The van der Waals surface area contributed by atoms with Gasteiger partial charge in [-0.1, -0.05) is 19.9 Å². The number of carboxylic acid groups (broad SMARTS) is 1. The molecule has 0 aliphatic carbocycles. The summed E-state index contributed by atoms with van der Waals surface area (Å²) in [6.45, 7) is 3.32. The first kappa shape index (κ1) is 12.1. The number of carboxylic acids is 1. The number of hydrogen-bond donors (Lipinski definition) is 2. The van der Waals surface area contributed by atoms with E-state index in [1.54, 1.807) is 32.2 Å². The van der Waals surface area contributed by atoms with Crippen LogP contribution < -0.4 is 0 Å². The molecule has 82 valence electrons. The number of rotatable bonds is 3. The summed E-state index contributed by atoms with van der Waals surface area (Å²) in [5, 5.41) is 18.4. The van der Waals surface area contributed by atoms with Crippen LogP contribution in [0.5, 0.6) is 0 Å². The second-order valence-electron chi connectivity index (χ2n) is 3.80. The van der Waals surface area contributed by atoms with Crippen LogP contribution in [0, 0.1) is 0 Å². The number of aromatic nitrogens is 1. The van der Waals surface area contributed by atoms with Gasteiger partial charge < -0.3 is 10.2 Å². The van der Waals surface area contributed by atoms with Gasteiger partial charge in [-0.15, -0.1) is 0 Å². The van der Waals surface area contributed by atoms with E-state index in [1.165, 1.54) is 0 Å². The Morgan fingerprint density at radius 3 is 2.67 bits per heavy atom. The Bertz CT molecular complexity index is 379. The minimum absolute atomic E-state index is 0.551. The summed E-state index contributed by atoms with van der Waals surface area (Å²) in [7, 11) is 0. The number of nitrogens with zero attached hydrogens (tertiary/aromatic N) is 1. The van der Waals surface area contributed by atoms with Crippen molar-refractivity contribution in [3.63, 3.8) is 0 Å². The minimum atomic E-state index is -1.46. The monoisotopic (exact) mass is 273 g/mol. The van der Waals surface area contributed by atoms with Gasteiger partial charge in [-0.3, -0.25) is 0 Å². The quantitative estimate of drug-likeness (QED) is 0.821. The smallest absolute Gasteiger partial charge is 0.333 e. The molecule has 1 atom stereocenters. The van der Waals surface area contributed by atoms with E-state index >= 15 is 0 Å². The first-order valence-corrected chi connectivity index (χ1v) is 5.18. The average Bonchev–Trinajstić information content (AvgIpc) is 2.16. The van der Waals surface area contributed by atoms with E-state index < -0.39 is 17.5 Å². The average molecular weight is 274 g/mol. The van der Waals surface area contributed by atoms with Gasteiger partial charge in [0.15, 0.2) is 6.10 Å². The lowest BCUT2D eigenvalue weighted by molar-refractivity contribution is -0.150. The van der Waals surface area contributed by atoms with E-state index in [-0.39, 0.29) is 0 Å². The molecule has 0 radical (unpaired) electrons. The molecule has 1 heterocycles. The summed E-state index contributed by atoms with van der Waals surface area (Å²) >= 11 is 3.23. The number of aliphatic carboxylic acids is 1. The second kappa shape index (κ2) is 4.28. The molecule has 1 aromatic heterocycles. The zero-order valence-corrected chi connectivity index (χ0v) is 10.0. The Balaban J connectivity index is 3.16. The zero-order chi connectivity index (χ0) is 11.6. The molecule has 0 saturated heterocycles. The molecular weight excluding hydrogens is 262 g/mol. The molecule has 5 heteroatoms. The number of aliphatic hydroxyl groups is 1. The van der Waals surface area contributed by atoms with Gasteiger partial charge in [0.1, 0.15) is 4.60 Å². The van der Waals surface area contributed by atoms with E-state index in [1.807, 2.05) is 0 Å². The van der Waals surface area contributed by atoms with Crippen molar-refractivity contribution in [3.05, 3.63) is 28.5 Å². The lowest BCUT2D eigenvalue weighted by atomic mass is 9.80. The minimum Gasteiger partial charge on any atom is -0.479 e. The Morgan fingerprint density at radius 1 is 1.60 bits per heavy atom. The standard InChI is InChI=1S/C10H12BrNO3/c1-10(2,7(13)9(14)15)6-4-3-5-12-8(6)11/h3-5,7,13H,1-2H3,(H,14,15). The largest absolute Gasteiger partial charge is 0.479 e. The highest BCUT2D eigenvalue weighted by atomic mass is 79.9. The van der Waals surface area contributed by atoms with E-state index in [4.69, 9.17) is 5.11 Å². The van der Waals surface area contributed by atoms with Crippen LogP contribution in [0.1, 0.15) is 19.4 Å². The van der Waals surface area contributed by atoms with Gasteiger partial charge in [0.2, 0.25) is 0 Å². The van der Waals surface area contributed by atoms with Crippen molar-refractivity contribution in [1.82, 2.24) is 4.98 Å². The van der Waals surface area contributed by atoms with Crippen molar-refractivity contribution in [2.75, 3.05) is 0 Å². The predicted octanol–water partition coefficient (Wildman–Crippen LogP) is 1.57. The Kier molecular flexibility index (Phi) is 3.46. The third-order valence-corrected chi connectivity index (χ3v) is 3.00. The third-order valence-electron chi connectivity index (χ3n) is 2.37. The fourth-order valence-electron chi connectivity index (χ4n) is 1.32. The number of halogens is 1. The number of carbonyl (C=O) groups is 1. The molecular formula is C10H12BrNO3. The zero-order valence-electron chi connectivity index (χ0n) is 8.44.